The van der Waals surface area contributed by atoms with E-state index in [-0.39, 0.29) is 17.4 Å². The van der Waals surface area contributed by atoms with Crippen molar-refractivity contribution in [2.24, 2.45) is 5.92 Å². The molecule has 0 spiro atoms. The summed E-state index contributed by atoms with van der Waals surface area (Å²) in [5.74, 6) is -6.43. The number of carbonyl (C=O) groups excluding carboxylic acids is 1. The first kappa shape index (κ1) is 44.0. The molecular weight excluding hydrogens is 805 g/mol. The lowest BCUT2D eigenvalue weighted by atomic mass is 9.95. The van der Waals surface area contributed by atoms with Crippen molar-refractivity contribution < 1.29 is 55.3 Å². The summed E-state index contributed by atoms with van der Waals surface area (Å²) in [4.78, 5) is 57.9. The molecule has 2 atom stereocenters. The Bertz CT molecular complexity index is 2410. The summed E-state index contributed by atoms with van der Waals surface area (Å²) in [5.41, 5.74) is 5.01. The van der Waals surface area contributed by atoms with Gasteiger partial charge in [0.2, 0.25) is 5.91 Å². The third-order valence-corrected chi connectivity index (χ3v) is 8.57. The molecule has 1 aliphatic rings. The molecule has 1 aliphatic heterocycles. The number of aromatic nitrogens is 4. The molecule has 20 heteroatoms. The number of pyridine rings is 2. The predicted octanol–water partition coefficient (Wildman–Crippen LogP) is 8.31. The van der Waals surface area contributed by atoms with Crippen molar-refractivity contribution in [1.82, 2.24) is 19.5 Å². The van der Waals surface area contributed by atoms with Crippen LogP contribution in [0.3, 0.4) is 0 Å². The Morgan fingerprint density at radius 3 is 2.12 bits per heavy atom. The van der Waals surface area contributed by atoms with Crippen molar-refractivity contribution in [3.05, 3.63) is 118 Å². The average Bonchev–Trinajstić information content (AvgIpc) is 3.16. The SMILES string of the molecule is C[C@@H]1CCC[C@H](n2cnc(-c3cc(Cl)ccc3-c3cncc(F)c3)cc2=O)c2cc(ccn2)-c2ccc(C#N)cc2NC1=O.O=C(O)C(F)(F)F.O=C(O)C(F)(F)F. The monoisotopic (exact) mass is 832 g/mol. The third kappa shape index (κ3) is 11.4. The van der Waals surface area contributed by atoms with Gasteiger partial charge in [0, 0.05) is 51.8 Å². The van der Waals surface area contributed by atoms with Gasteiger partial charge in [0.15, 0.2) is 0 Å². The van der Waals surface area contributed by atoms with E-state index in [1.165, 1.54) is 18.5 Å². The van der Waals surface area contributed by atoms with Crippen LogP contribution in [0.4, 0.5) is 36.4 Å². The number of nitrogens with zero attached hydrogens (tertiary/aromatic N) is 5. The average molecular weight is 833 g/mol. The Hall–Kier alpha value is -6.68. The molecule has 2 bridgehead atoms. The molecule has 3 aromatic heterocycles. The Morgan fingerprint density at radius 1 is 0.862 bits per heavy atom. The Balaban J connectivity index is 0.000000456. The molecule has 0 fully saturated rings. The molecule has 0 unspecified atom stereocenters. The van der Waals surface area contributed by atoms with Gasteiger partial charge in [0.1, 0.15) is 5.82 Å². The summed E-state index contributed by atoms with van der Waals surface area (Å²) < 4.78 is 79.0. The molecular formula is C38H28ClF7N6O6. The minimum absolute atomic E-state index is 0.137. The molecule has 3 N–H and O–H groups in total. The van der Waals surface area contributed by atoms with Gasteiger partial charge >= 0.3 is 24.3 Å². The zero-order valence-corrected chi connectivity index (χ0v) is 30.4. The zero-order valence-electron chi connectivity index (χ0n) is 29.6. The van der Waals surface area contributed by atoms with E-state index in [0.717, 1.165) is 17.3 Å². The number of rotatable bonds is 3. The smallest absolute Gasteiger partial charge is 0.475 e. The molecule has 4 heterocycles. The molecule has 58 heavy (non-hydrogen) atoms. The number of halogens is 8. The van der Waals surface area contributed by atoms with Gasteiger partial charge in [-0.05, 0) is 66.4 Å². The fraction of sp³-hybridized carbons (Fsp3) is 0.211. The number of nitrogens with one attached hydrogen (secondary N) is 1. The Morgan fingerprint density at radius 2 is 1.52 bits per heavy atom. The number of alkyl halides is 6. The van der Waals surface area contributed by atoms with E-state index in [2.05, 4.69) is 26.3 Å². The summed E-state index contributed by atoms with van der Waals surface area (Å²) in [6.07, 6.45) is -2.54. The molecule has 6 rings (SSSR count). The van der Waals surface area contributed by atoms with Gasteiger partial charge in [-0.3, -0.25) is 24.1 Å². The largest absolute Gasteiger partial charge is 0.490 e. The summed E-state index contributed by atoms with van der Waals surface area (Å²) >= 11 is 6.32. The quantitative estimate of drug-likeness (QED) is 0.149. The maximum atomic E-state index is 14.0. The molecule has 5 aromatic rings. The van der Waals surface area contributed by atoms with E-state index in [4.69, 9.17) is 31.4 Å². The van der Waals surface area contributed by atoms with Crippen molar-refractivity contribution in [3.63, 3.8) is 0 Å². The number of fused-ring (bicyclic) bond motifs is 4. The molecule has 12 nitrogen and oxygen atoms in total. The van der Waals surface area contributed by atoms with Crippen LogP contribution in [0, 0.1) is 23.1 Å². The second kappa shape index (κ2) is 18.5. The van der Waals surface area contributed by atoms with Crippen molar-refractivity contribution >= 4 is 35.1 Å². The van der Waals surface area contributed by atoms with Crippen LogP contribution in [0.1, 0.15) is 43.5 Å². The summed E-state index contributed by atoms with van der Waals surface area (Å²) in [5, 5.41) is 27.1. The molecule has 0 saturated carbocycles. The van der Waals surface area contributed by atoms with E-state index in [0.29, 0.717) is 63.6 Å². The normalized spacial score (nSPS) is 15.3. The van der Waals surface area contributed by atoms with Gasteiger partial charge in [-0.1, -0.05) is 37.1 Å². The molecule has 0 aliphatic carbocycles. The number of benzene rings is 2. The Kier molecular flexibility index (Phi) is 14.1. The van der Waals surface area contributed by atoms with Crippen molar-refractivity contribution in [2.75, 3.05) is 5.32 Å². The fourth-order valence-corrected chi connectivity index (χ4v) is 5.70. The highest BCUT2D eigenvalue weighted by atomic mass is 35.5. The van der Waals surface area contributed by atoms with Crippen LogP contribution in [0.5, 0.6) is 0 Å². The van der Waals surface area contributed by atoms with Crippen LogP contribution in [-0.2, 0) is 14.4 Å². The lowest BCUT2D eigenvalue weighted by Gasteiger charge is -2.23. The minimum Gasteiger partial charge on any atom is -0.475 e. The first-order valence-corrected chi connectivity index (χ1v) is 17.0. The van der Waals surface area contributed by atoms with E-state index in [1.807, 2.05) is 19.1 Å². The van der Waals surface area contributed by atoms with Crippen molar-refractivity contribution in [1.29, 1.82) is 5.26 Å². The van der Waals surface area contributed by atoms with Gasteiger partial charge in [0.25, 0.3) is 5.56 Å². The maximum absolute atomic E-state index is 14.0. The van der Waals surface area contributed by atoms with Gasteiger partial charge in [0.05, 0.1) is 41.6 Å². The van der Waals surface area contributed by atoms with Crippen LogP contribution >= 0.6 is 11.6 Å². The van der Waals surface area contributed by atoms with Gasteiger partial charge < -0.3 is 15.5 Å². The number of hydrogen-bond acceptors (Lipinski definition) is 8. The van der Waals surface area contributed by atoms with Crippen LogP contribution in [0.15, 0.2) is 90.4 Å². The van der Waals surface area contributed by atoms with Gasteiger partial charge in [-0.2, -0.15) is 31.6 Å². The number of carbonyl (C=O) groups is 3. The zero-order chi connectivity index (χ0) is 42.9. The summed E-state index contributed by atoms with van der Waals surface area (Å²) in [6, 6.07) is 18.5. The van der Waals surface area contributed by atoms with E-state index >= 15 is 0 Å². The fourth-order valence-electron chi connectivity index (χ4n) is 5.53. The predicted molar refractivity (Wildman–Crippen MR) is 194 cm³/mol. The van der Waals surface area contributed by atoms with Crippen molar-refractivity contribution in [2.45, 2.75) is 44.6 Å². The van der Waals surface area contributed by atoms with Crippen LogP contribution in [-0.4, -0.2) is 59.9 Å². The highest BCUT2D eigenvalue weighted by Gasteiger charge is 2.39. The summed E-state index contributed by atoms with van der Waals surface area (Å²) in [7, 11) is 0. The number of hydrogen-bond donors (Lipinski definition) is 3. The van der Waals surface area contributed by atoms with E-state index in [1.54, 1.807) is 53.4 Å². The molecule has 0 radical (unpaired) electrons. The van der Waals surface area contributed by atoms with E-state index < -0.39 is 36.2 Å². The van der Waals surface area contributed by atoms with Crippen LogP contribution in [0.2, 0.25) is 5.02 Å². The standard InChI is InChI=1S/C34H26ClFN6O2.2C2HF3O2/c1-20-3-2-4-32(31-13-22(9-10-39-31)27-7-5-21(16-37)11-30(27)41-34(20)44)42-19-40-29(15-33(42)43)28-14-24(35)6-8-26(28)23-12-25(36)18-38-17-23;2*3-2(4,5)1(6)7/h5-15,17-20,32H,2-4H2,1H3,(H,41,44);2*(H,6,7)/t20-,32+;;/m1../s1. The number of carboxylic acids is 2. The van der Waals surface area contributed by atoms with Crippen molar-refractivity contribution in [3.8, 4) is 39.6 Å². The lowest BCUT2D eigenvalue weighted by molar-refractivity contribution is -0.193. The lowest BCUT2D eigenvalue weighted by Crippen LogP contribution is -2.27. The molecule has 0 saturated heterocycles. The van der Waals surface area contributed by atoms with Crippen LogP contribution < -0.4 is 10.9 Å². The number of anilines is 1. The first-order valence-electron chi connectivity index (χ1n) is 16.6. The maximum Gasteiger partial charge on any atom is 0.490 e. The van der Waals surface area contributed by atoms with Gasteiger partial charge in [-0.25, -0.2) is 19.0 Å². The second-order valence-corrected chi connectivity index (χ2v) is 12.8. The highest BCUT2D eigenvalue weighted by molar-refractivity contribution is 6.31. The molecule has 2 aromatic carbocycles. The topological polar surface area (TPSA) is 188 Å². The first-order chi connectivity index (χ1) is 27.2. The highest BCUT2D eigenvalue weighted by Crippen LogP contribution is 2.35. The number of nitriles is 1. The minimum atomic E-state index is -5.08. The summed E-state index contributed by atoms with van der Waals surface area (Å²) in [6.45, 7) is 1.86. The number of amides is 1. The third-order valence-electron chi connectivity index (χ3n) is 8.33. The van der Waals surface area contributed by atoms with E-state index in [9.17, 15) is 45.6 Å². The second-order valence-electron chi connectivity index (χ2n) is 12.4. The number of aliphatic carboxylic acids is 2. The van der Waals surface area contributed by atoms with Gasteiger partial charge in [-0.15, -0.1) is 0 Å². The Labute approximate surface area is 328 Å². The molecule has 302 valence electrons. The molecule has 1 amide bonds. The van der Waals surface area contributed by atoms with Crippen LogP contribution in [0.25, 0.3) is 33.5 Å². The number of carboxylic acid groups (broad SMARTS) is 2.